The van der Waals surface area contributed by atoms with Crippen molar-refractivity contribution in [3.63, 3.8) is 0 Å². The minimum Gasteiger partial charge on any atom is -0.397 e. The van der Waals surface area contributed by atoms with Crippen LogP contribution in [0.25, 0.3) is 22.3 Å². The smallest absolute Gasteiger partial charge is 0.102 e. The summed E-state index contributed by atoms with van der Waals surface area (Å²) in [6.07, 6.45) is 0. The molecule has 0 aliphatic rings. The number of nitriles is 2. The van der Waals surface area contributed by atoms with Crippen molar-refractivity contribution in [2.75, 3.05) is 5.73 Å². The van der Waals surface area contributed by atoms with Crippen molar-refractivity contribution in [1.29, 1.82) is 10.5 Å². The quantitative estimate of drug-likeness (QED) is 0.672. The van der Waals surface area contributed by atoms with Gasteiger partial charge >= 0.3 is 0 Å². The van der Waals surface area contributed by atoms with E-state index in [-0.39, 0.29) is 5.69 Å². The fourth-order valence-corrected chi connectivity index (χ4v) is 2.77. The summed E-state index contributed by atoms with van der Waals surface area (Å²) in [7, 11) is 0. The Morgan fingerprint density at radius 3 is 1.75 bits per heavy atom. The van der Waals surface area contributed by atoms with E-state index in [1.807, 2.05) is 48.5 Å². The normalized spacial score (nSPS) is 9.96. The molecule has 0 bridgehead atoms. The number of anilines is 1. The summed E-state index contributed by atoms with van der Waals surface area (Å²) in [6.45, 7) is 0. The Bertz CT molecular complexity index is 979. The average Bonchev–Trinajstić information content (AvgIpc) is 2.62. The molecular weight excluding hydrogens is 318 g/mol. The third kappa shape index (κ3) is 2.70. The molecule has 0 heterocycles. The van der Waals surface area contributed by atoms with Crippen LogP contribution in [0.15, 0.2) is 60.7 Å². The van der Waals surface area contributed by atoms with E-state index in [1.165, 1.54) is 0 Å². The fraction of sp³-hybridized carbons (Fsp3) is 0. The Morgan fingerprint density at radius 1 is 0.750 bits per heavy atom. The van der Waals surface area contributed by atoms with Gasteiger partial charge in [0.25, 0.3) is 0 Å². The van der Waals surface area contributed by atoms with Crippen molar-refractivity contribution in [2.45, 2.75) is 0 Å². The van der Waals surface area contributed by atoms with Crippen LogP contribution in [-0.4, -0.2) is 0 Å². The second-order valence-corrected chi connectivity index (χ2v) is 5.67. The molecule has 0 unspecified atom stereocenters. The maximum Gasteiger partial charge on any atom is 0.102 e. The van der Waals surface area contributed by atoms with E-state index >= 15 is 0 Å². The van der Waals surface area contributed by atoms with Crippen LogP contribution in [0.1, 0.15) is 11.1 Å². The van der Waals surface area contributed by atoms with E-state index in [0.29, 0.717) is 27.3 Å². The Morgan fingerprint density at radius 2 is 1.25 bits per heavy atom. The highest BCUT2D eigenvalue weighted by Crippen LogP contribution is 2.37. The Balaban J connectivity index is 2.34. The second kappa shape index (κ2) is 6.46. The summed E-state index contributed by atoms with van der Waals surface area (Å²) >= 11 is 5.95. The molecule has 0 saturated heterocycles. The van der Waals surface area contributed by atoms with Crippen LogP contribution in [0.5, 0.6) is 0 Å². The maximum absolute atomic E-state index is 9.53. The Hall–Kier alpha value is -3.27. The van der Waals surface area contributed by atoms with Gasteiger partial charge in [0.1, 0.15) is 12.1 Å². The molecule has 4 heteroatoms. The molecule has 0 amide bonds. The van der Waals surface area contributed by atoms with Gasteiger partial charge in [0.15, 0.2) is 0 Å². The highest BCUT2D eigenvalue weighted by molar-refractivity contribution is 6.30. The van der Waals surface area contributed by atoms with Gasteiger partial charge in [-0.15, -0.1) is 0 Å². The second-order valence-electron chi connectivity index (χ2n) is 5.23. The van der Waals surface area contributed by atoms with Gasteiger partial charge in [-0.3, -0.25) is 0 Å². The molecule has 0 atom stereocenters. The van der Waals surface area contributed by atoms with Gasteiger partial charge in [-0.2, -0.15) is 10.5 Å². The van der Waals surface area contributed by atoms with Crippen molar-refractivity contribution in [2.24, 2.45) is 0 Å². The zero-order chi connectivity index (χ0) is 17.1. The van der Waals surface area contributed by atoms with Crippen LogP contribution < -0.4 is 5.73 Å². The lowest BCUT2D eigenvalue weighted by Crippen LogP contribution is -2.00. The summed E-state index contributed by atoms with van der Waals surface area (Å²) < 4.78 is 0. The van der Waals surface area contributed by atoms with E-state index in [2.05, 4.69) is 12.1 Å². The molecule has 114 valence electrons. The van der Waals surface area contributed by atoms with Crippen LogP contribution in [0, 0.1) is 22.7 Å². The fourth-order valence-electron chi connectivity index (χ4n) is 2.65. The monoisotopic (exact) mass is 329 g/mol. The van der Waals surface area contributed by atoms with E-state index in [0.717, 1.165) is 11.1 Å². The van der Waals surface area contributed by atoms with E-state index in [1.54, 1.807) is 12.1 Å². The summed E-state index contributed by atoms with van der Waals surface area (Å²) in [5, 5.41) is 19.7. The third-order valence-corrected chi connectivity index (χ3v) is 4.08. The summed E-state index contributed by atoms with van der Waals surface area (Å²) in [4.78, 5) is 0. The van der Waals surface area contributed by atoms with Crippen LogP contribution in [0.2, 0.25) is 5.02 Å². The number of hydrogen-bond acceptors (Lipinski definition) is 3. The molecule has 0 aliphatic carbocycles. The van der Waals surface area contributed by atoms with E-state index < -0.39 is 0 Å². The van der Waals surface area contributed by atoms with Crippen molar-refractivity contribution in [1.82, 2.24) is 0 Å². The predicted molar refractivity (Wildman–Crippen MR) is 96.2 cm³/mol. The lowest BCUT2D eigenvalue weighted by Gasteiger charge is -2.14. The molecule has 0 aliphatic heterocycles. The van der Waals surface area contributed by atoms with Gasteiger partial charge in [-0.1, -0.05) is 54.1 Å². The Kier molecular flexibility index (Phi) is 4.20. The molecule has 3 rings (SSSR count). The van der Waals surface area contributed by atoms with Crippen LogP contribution in [0.4, 0.5) is 5.69 Å². The van der Waals surface area contributed by atoms with Crippen LogP contribution >= 0.6 is 11.6 Å². The zero-order valence-corrected chi connectivity index (χ0v) is 13.4. The number of nitrogens with two attached hydrogens (primary N) is 1. The molecule has 0 radical (unpaired) electrons. The van der Waals surface area contributed by atoms with E-state index in [4.69, 9.17) is 17.3 Å². The van der Waals surface area contributed by atoms with Gasteiger partial charge in [-0.25, -0.2) is 0 Å². The molecule has 0 saturated carbocycles. The number of rotatable bonds is 2. The topological polar surface area (TPSA) is 73.6 Å². The van der Waals surface area contributed by atoms with E-state index in [9.17, 15) is 10.5 Å². The van der Waals surface area contributed by atoms with Crippen molar-refractivity contribution < 1.29 is 0 Å². The molecule has 3 aromatic carbocycles. The minimum absolute atomic E-state index is 0.200. The standard InChI is InChI=1S/C20H12ClN3/c21-15-8-6-14(7-9-15)17-10-16(13-4-2-1-3-5-13)18(11-22)20(24)19(17)12-23/h1-10H,24H2. The molecule has 24 heavy (non-hydrogen) atoms. The van der Waals surface area contributed by atoms with Crippen molar-refractivity contribution >= 4 is 17.3 Å². The molecule has 2 N–H and O–H groups in total. The van der Waals surface area contributed by atoms with Crippen LogP contribution in [0.3, 0.4) is 0 Å². The lowest BCUT2D eigenvalue weighted by molar-refractivity contribution is 1.44. The minimum atomic E-state index is 0.200. The van der Waals surface area contributed by atoms with Crippen molar-refractivity contribution in [3.8, 4) is 34.4 Å². The molecule has 0 aromatic heterocycles. The molecule has 3 nitrogen and oxygen atoms in total. The molecule has 3 aromatic rings. The molecular formula is C20H12ClN3. The van der Waals surface area contributed by atoms with Gasteiger partial charge in [0.05, 0.1) is 16.8 Å². The molecule has 0 fully saturated rings. The number of benzene rings is 3. The highest BCUT2D eigenvalue weighted by atomic mass is 35.5. The SMILES string of the molecule is N#Cc1c(-c2ccccc2)cc(-c2ccc(Cl)cc2)c(C#N)c1N. The Labute approximate surface area is 145 Å². The summed E-state index contributed by atoms with van der Waals surface area (Å²) in [6, 6.07) is 22.8. The lowest BCUT2D eigenvalue weighted by atomic mass is 9.90. The number of halogens is 1. The van der Waals surface area contributed by atoms with Gasteiger partial charge in [0.2, 0.25) is 0 Å². The number of hydrogen-bond donors (Lipinski definition) is 1. The first-order valence-electron chi connectivity index (χ1n) is 7.23. The van der Waals surface area contributed by atoms with Gasteiger partial charge < -0.3 is 5.73 Å². The average molecular weight is 330 g/mol. The predicted octanol–water partition coefficient (Wildman–Crippen LogP) is 5.00. The van der Waals surface area contributed by atoms with Crippen LogP contribution in [-0.2, 0) is 0 Å². The first-order valence-corrected chi connectivity index (χ1v) is 7.61. The maximum atomic E-state index is 9.53. The summed E-state index contributed by atoms with van der Waals surface area (Å²) in [5.74, 6) is 0. The third-order valence-electron chi connectivity index (χ3n) is 3.83. The number of nitrogen functional groups attached to an aromatic ring is 1. The number of nitrogens with zero attached hydrogens (tertiary/aromatic N) is 2. The van der Waals surface area contributed by atoms with Gasteiger partial charge in [-0.05, 0) is 29.3 Å². The van der Waals surface area contributed by atoms with Crippen molar-refractivity contribution in [3.05, 3.63) is 76.8 Å². The summed E-state index contributed by atoms with van der Waals surface area (Å²) in [5.41, 5.74) is 10.0. The highest BCUT2D eigenvalue weighted by Gasteiger charge is 2.18. The largest absolute Gasteiger partial charge is 0.397 e. The van der Waals surface area contributed by atoms with Gasteiger partial charge in [0, 0.05) is 16.1 Å². The first kappa shape index (κ1) is 15.6. The molecule has 0 spiro atoms. The first-order chi connectivity index (χ1) is 11.7. The zero-order valence-electron chi connectivity index (χ0n) is 12.6.